The maximum atomic E-state index is 12.9. The van der Waals surface area contributed by atoms with Crippen LogP contribution in [0.4, 0.5) is 5.69 Å². The first-order valence-electron chi connectivity index (χ1n) is 9.30. The topological polar surface area (TPSA) is 119 Å². The average molecular weight is 461 g/mol. The van der Waals surface area contributed by atoms with Gasteiger partial charge in [-0.15, -0.1) is 0 Å². The lowest BCUT2D eigenvalue weighted by atomic mass is 10.1. The van der Waals surface area contributed by atoms with Crippen molar-refractivity contribution >= 4 is 47.4 Å². The van der Waals surface area contributed by atoms with E-state index in [1.54, 1.807) is 24.3 Å². The second kappa shape index (κ2) is 8.01. The number of benzene rings is 2. The lowest BCUT2D eigenvalue weighted by Crippen LogP contribution is -2.21. The monoisotopic (exact) mass is 460 g/mol. The number of hydrogen-bond acceptors (Lipinski definition) is 6. The first-order chi connectivity index (χ1) is 14.7. The van der Waals surface area contributed by atoms with Crippen LogP contribution in [0.5, 0.6) is 0 Å². The molecule has 1 aliphatic rings. The van der Waals surface area contributed by atoms with Gasteiger partial charge in [-0.25, -0.2) is 10.1 Å². The van der Waals surface area contributed by atoms with Gasteiger partial charge in [-0.3, -0.25) is 23.5 Å². The summed E-state index contributed by atoms with van der Waals surface area (Å²) in [7, 11) is -1.59. The Morgan fingerprint density at radius 2 is 2.00 bits per heavy atom. The van der Waals surface area contributed by atoms with Gasteiger partial charge >= 0.3 is 0 Å². The molecular weight excluding hydrogens is 443 g/mol. The number of carbonyl (C=O) groups is 2. The van der Waals surface area contributed by atoms with E-state index in [2.05, 4.69) is 15.4 Å². The molecule has 0 bridgehead atoms. The molecule has 1 amide bonds. The van der Waals surface area contributed by atoms with E-state index < -0.39 is 13.3 Å². The molecular formula is C20H18ClN4O5P. The molecule has 1 aliphatic heterocycles. The van der Waals surface area contributed by atoms with Gasteiger partial charge in [0, 0.05) is 37.5 Å². The quantitative estimate of drug-likeness (QED) is 0.424. The third-order valence-corrected chi connectivity index (χ3v) is 6.63. The molecule has 2 aromatic carbocycles. The number of rotatable bonds is 6. The van der Waals surface area contributed by atoms with Crippen molar-refractivity contribution < 1.29 is 18.7 Å². The van der Waals surface area contributed by atoms with Crippen molar-refractivity contribution in [2.24, 2.45) is 0 Å². The standard InChI is InChI=1S/C20H18ClN4O5P/c1-30-31(2,29)22-8-7-17(26)23-12-4-6-16-14(10-12)18(27)19-24-15-9-11(21)3-5-13(15)20(28)25(16)19/h3-6,9-10H,7-8H2,1-2H3,(H,22,29)(H,23,26). The van der Waals surface area contributed by atoms with Gasteiger partial charge in [-0.1, -0.05) is 11.6 Å². The second-order valence-corrected chi connectivity index (χ2v) is 9.84. The van der Waals surface area contributed by atoms with E-state index in [1.807, 2.05) is 0 Å². The summed E-state index contributed by atoms with van der Waals surface area (Å²) >= 11 is 5.99. The molecule has 31 heavy (non-hydrogen) atoms. The number of nitrogens with zero attached hydrogens (tertiary/aromatic N) is 2. The number of halogens is 1. The predicted molar refractivity (Wildman–Crippen MR) is 118 cm³/mol. The maximum Gasteiger partial charge on any atom is 0.266 e. The fourth-order valence-corrected chi connectivity index (χ4v) is 4.12. The molecule has 1 aromatic heterocycles. The Bertz CT molecular complexity index is 1350. The summed E-state index contributed by atoms with van der Waals surface area (Å²) in [5.41, 5.74) is 1.04. The van der Waals surface area contributed by atoms with Crippen LogP contribution in [0.1, 0.15) is 22.6 Å². The summed E-state index contributed by atoms with van der Waals surface area (Å²) in [5.74, 6) is -0.748. The highest BCUT2D eigenvalue weighted by molar-refractivity contribution is 7.56. The summed E-state index contributed by atoms with van der Waals surface area (Å²) in [6.45, 7) is 1.58. The molecule has 0 saturated heterocycles. The molecule has 0 radical (unpaired) electrons. The SMILES string of the molecule is COP(C)(=O)NCCC(=O)Nc1ccc2c(c1)C(=O)c1nc3cc(Cl)ccc3c(=O)n1-2. The third-order valence-electron chi connectivity index (χ3n) is 4.90. The molecule has 0 saturated carbocycles. The molecule has 9 nitrogen and oxygen atoms in total. The minimum atomic E-state index is -2.91. The molecule has 2 heterocycles. The van der Waals surface area contributed by atoms with Crippen molar-refractivity contribution in [3.63, 3.8) is 0 Å². The summed E-state index contributed by atoms with van der Waals surface area (Å²) in [6, 6.07) is 9.40. The minimum absolute atomic E-state index is 0.000655. The van der Waals surface area contributed by atoms with E-state index in [-0.39, 0.29) is 35.8 Å². The van der Waals surface area contributed by atoms with Crippen molar-refractivity contribution in [3.8, 4) is 5.69 Å². The Labute approximate surface area is 181 Å². The minimum Gasteiger partial charge on any atom is -0.326 e. The van der Waals surface area contributed by atoms with Gasteiger partial charge in [0.1, 0.15) is 0 Å². The molecule has 3 aromatic rings. The van der Waals surface area contributed by atoms with E-state index in [0.29, 0.717) is 27.3 Å². The molecule has 0 aliphatic carbocycles. The summed E-state index contributed by atoms with van der Waals surface area (Å²) in [4.78, 5) is 42.4. The van der Waals surface area contributed by atoms with Crippen molar-refractivity contribution in [1.82, 2.24) is 14.6 Å². The van der Waals surface area contributed by atoms with Gasteiger partial charge in [-0.2, -0.15) is 0 Å². The van der Waals surface area contributed by atoms with Gasteiger partial charge in [0.05, 0.1) is 22.2 Å². The Balaban J connectivity index is 1.59. The zero-order chi connectivity index (χ0) is 22.3. The normalized spacial score (nSPS) is 14.2. The molecule has 11 heteroatoms. The van der Waals surface area contributed by atoms with Crippen molar-refractivity contribution in [3.05, 3.63) is 63.2 Å². The predicted octanol–water partition coefficient (Wildman–Crippen LogP) is 2.97. The van der Waals surface area contributed by atoms with Crippen molar-refractivity contribution in [2.75, 3.05) is 25.6 Å². The summed E-state index contributed by atoms with van der Waals surface area (Å²) < 4.78 is 17.9. The number of hydrogen-bond donors (Lipinski definition) is 2. The molecule has 0 spiro atoms. The Hall–Kier alpha value is -2.84. The number of carbonyl (C=O) groups excluding carboxylic acids is 2. The number of amides is 1. The van der Waals surface area contributed by atoms with Crippen molar-refractivity contribution in [2.45, 2.75) is 6.42 Å². The van der Waals surface area contributed by atoms with E-state index in [1.165, 1.54) is 30.5 Å². The largest absolute Gasteiger partial charge is 0.326 e. The van der Waals surface area contributed by atoms with Crippen LogP contribution in [0.3, 0.4) is 0 Å². The van der Waals surface area contributed by atoms with Crippen molar-refractivity contribution in [1.29, 1.82) is 0 Å². The molecule has 4 rings (SSSR count). The van der Waals surface area contributed by atoms with E-state index in [9.17, 15) is 18.9 Å². The summed E-state index contributed by atoms with van der Waals surface area (Å²) in [5, 5.41) is 6.13. The lowest BCUT2D eigenvalue weighted by Gasteiger charge is -2.12. The number of anilines is 1. The van der Waals surface area contributed by atoms with Crippen LogP contribution in [0.15, 0.2) is 41.2 Å². The molecule has 1 unspecified atom stereocenters. The van der Waals surface area contributed by atoms with Gasteiger partial charge < -0.3 is 9.84 Å². The third kappa shape index (κ3) is 4.05. The molecule has 2 N–H and O–H groups in total. The number of fused-ring (bicyclic) bond motifs is 4. The first kappa shape index (κ1) is 21.4. The molecule has 160 valence electrons. The van der Waals surface area contributed by atoms with Crippen LogP contribution >= 0.6 is 19.1 Å². The van der Waals surface area contributed by atoms with E-state index >= 15 is 0 Å². The lowest BCUT2D eigenvalue weighted by molar-refractivity contribution is -0.116. The molecule has 1 atom stereocenters. The van der Waals surface area contributed by atoms with Crippen LogP contribution in [0.25, 0.3) is 16.6 Å². The van der Waals surface area contributed by atoms with Gasteiger partial charge in [0.25, 0.3) is 13.1 Å². The Morgan fingerprint density at radius 1 is 1.23 bits per heavy atom. The Morgan fingerprint density at radius 3 is 2.74 bits per heavy atom. The zero-order valence-electron chi connectivity index (χ0n) is 16.6. The number of nitrogens with one attached hydrogen (secondary N) is 2. The highest BCUT2D eigenvalue weighted by Crippen LogP contribution is 2.35. The smallest absolute Gasteiger partial charge is 0.266 e. The zero-order valence-corrected chi connectivity index (χ0v) is 18.3. The Kier molecular flexibility index (Phi) is 5.53. The highest BCUT2D eigenvalue weighted by atomic mass is 35.5. The van der Waals surface area contributed by atoms with Crippen LogP contribution in [-0.2, 0) is 13.9 Å². The van der Waals surface area contributed by atoms with Gasteiger partial charge in [0.2, 0.25) is 11.7 Å². The fraction of sp³-hybridized carbons (Fsp3) is 0.200. The van der Waals surface area contributed by atoms with Crippen LogP contribution in [-0.4, -0.2) is 41.6 Å². The first-order valence-corrected chi connectivity index (χ1v) is 11.7. The number of aromatic nitrogens is 2. The van der Waals surface area contributed by atoms with Crippen LogP contribution in [0.2, 0.25) is 5.02 Å². The second-order valence-electron chi connectivity index (χ2n) is 7.03. The average Bonchev–Trinajstić information content (AvgIpc) is 2.99. The van der Waals surface area contributed by atoms with E-state index in [0.717, 1.165) is 0 Å². The highest BCUT2D eigenvalue weighted by Gasteiger charge is 2.30. The number of ketones is 1. The van der Waals surface area contributed by atoms with Crippen LogP contribution < -0.4 is 16.0 Å². The maximum absolute atomic E-state index is 12.9. The van der Waals surface area contributed by atoms with Crippen LogP contribution in [0, 0.1) is 0 Å². The van der Waals surface area contributed by atoms with Gasteiger partial charge in [0.15, 0.2) is 5.82 Å². The molecule has 0 fully saturated rings. The fourth-order valence-electron chi connectivity index (χ4n) is 3.31. The summed E-state index contributed by atoms with van der Waals surface area (Å²) in [6.07, 6.45) is 0.0552. The van der Waals surface area contributed by atoms with Gasteiger partial charge in [-0.05, 0) is 36.4 Å². The van der Waals surface area contributed by atoms with E-state index in [4.69, 9.17) is 16.1 Å².